The molecule has 1 saturated heterocycles. The summed E-state index contributed by atoms with van der Waals surface area (Å²) in [6.45, 7) is 4.95. The molecular weight excluding hydrogens is 324 g/mol. The van der Waals surface area contributed by atoms with Crippen LogP contribution in [0.15, 0.2) is 33.6 Å². The van der Waals surface area contributed by atoms with Crippen LogP contribution in [-0.4, -0.2) is 46.0 Å². The van der Waals surface area contributed by atoms with Crippen LogP contribution in [-0.2, 0) is 4.79 Å². The zero-order chi connectivity index (χ0) is 18.0. The smallest absolute Gasteiger partial charge is 0.353 e. The van der Waals surface area contributed by atoms with Gasteiger partial charge in [0.15, 0.2) is 5.82 Å². The lowest BCUT2D eigenvalue weighted by atomic mass is 9.99. The largest absolute Gasteiger partial charge is 0.439 e. The third-order valence-electron chi connectivity index (χ3n) is 4.11. The molecule has 0 saturated carbocycles. The number of aromatic nitrogens is 2. The van der Waals surface area contributed by atoms with Crippen LogP contribution in [0.1, 0.15) is 30.6 Å². The molecular formula is C17H20N4O4. The van der Waals surface area contributed by atoms with Crippen molar-refractivity contribution in [3.05, 3.63) is 40.4 Å². The average molecular weight is 344 g/mol. The van der Waals surface area contributed by atoms with Crippen LogP contribution < -0.4 is 11.1 Å². The van der Waals surface area contributed by atoms with Crippen molar-refractivity contribution in [2.45, 2.75) is 26.3 Å². The topological polar surface area (TPSA) is 108 Å². The number of nitrogens with zero attached hydrogens (tertiary/aromatic N) is 2. The van der Waals surface area contributed by atoms with Gasteiger partial charge in [-0.25, -0.2) is 4.79 Å². The number of H-pyrrole nitrogens is 1. The highest BCUT2D eigenvalue weighted by molar-refractivity contribution is 5.99. The molecule has 0 bridgehead atoms. The minimum absolute atomic E-state index is 0.120. The van der Waals surface area contributed by atoms with Crippen molar-refractivity contribution >= 4 is 11.8 Å². The molecule has 8 heteroatoms. The van der Waals surface area contributed by atoms with E-state index in [0.29, 0.717) is 30.6 Å². The third kappa shape index (κ3) is 3.62. The first kappa shape index (κ1) is 16.9. The zero-order valence-corrected chi connectivity index (χ0v) is 14.1. The van der Waals surface area contributed by atoms with Gasteiger partial charge >= 0.3 is 5.76 Å². The maximum atomic E-state index is 13.0. The van der Waals surface area contributed by atoms with Crippen LogP contribution in [0, 0.1) is 5.92 Å². The fraction of sp³-hybridized carbons (Fsp3) is 0.412. The Bertz CT molecular complexity index is 839. The van der Waals surface area contributed by atoms with E-state index in [2.05, 4.69) is 20.0 Å². The number of hydrogen-bond donors (Lipinski definition) is 2. The lowest BCUT2D eigenvalue weighted by Crippen LogP contribution is -2.57. The monoisotopic (exact) mass is 344 g/mol. The second-order valence-electron chi connectivity index (χ2n) is 6.46. The second kappa shape index (κ2) is 6.92. The number of carbonyl (C=O) groups excluding carboxylic acids is 2. The van der Waals surface area contributed by atoms with Crippen molar-refractivity contribution in [1.29, 1.82) is 0 Å². The summed E-state index contributed by atoms with van der Waals surface area (Å²) in [7, 11) is 0. The number of carbonyl (C=O) groups is 2. The van der Waals surface area contributed by atoms with Crippen molar-refractivity contribution in [2.24, 2.45) is 5.92 Å². The highest BCUT2D eigenvalue weighted by Crippen LogP contribution is 2.20. The van der Waals surface area contributed by atoms with Crippen molar-refractivity contribution < 1.29 is 14.1 Å². The number of nitrogens with one attached hydrogen (secondary N) is 2. The van der Waals surface area contributed by atoms with E-state index in [9.17, 15) is 14.4 Å². The van der Waals surface area contributed by atoms with Crippen LogP contribution >= 0.6 is 0 Å². The highest BCUT2D eigenvalue weighted by Gasteiger charge is 2.33. The Morgan fingerprint density at radius 1 is 1.40 bits per heavy atom. The molecule has 25 heavy (non-hydrogen) atoms. The predicted octanol–water partition coefficient (Wildman–Crippen LogP) is 1.02. The molecule has 2 amide bonds. The quantitative estimate of drug-likeness (QED) is 0.861. The Kier molecular flexibility index (Phi) is 4.69. The van der Waals surface area contributed by atoms with Crippen LogP contribution in [0.25, 0.3) is 11.4 Å². The maximum Gasteiger partial charge on any atom is 0.439 e. The Morgan fingerprint density at radius 2 is 2.20 bits per heavy atom. The van der Waals surface area contributed by atoms with Gasteiger partial charge < -0.3 is 10.2 Å². The van der Waals surface area contributed by atoms with E-state index in [0.717, 1.165) is 0 Å². The summed E-state index contributed by atoms with van der Waals surface area (Å²) in [5.74, 6) is -0.444. The maximum absolute atomic E-state index is 13.0. The van der Waals surface area contributed by atoms with E-state index in [1.54, 1.807) is 29.2 Å². The van der Waals surface area contributed by atoms with E-state index in [4.69, 9.17) is 0 Å². The summed E-state index contributed by atoms with van der Waals surface area (Å²) in [4.78, 5) is 40.3. The van der Waals surface area contributed by atoms with Gasteiger partial charge in [0.25, 0.3) is 5.91 Å². The number of amides is 2. The van der Waals surface area contributed by atoms with Crippen LogP contribution in [0.4, 0.5) is 0 Å². The number of aromatic amines is 1. The summed E-state index contributed by atoms with van der Waals surface area (Å²) in [5, 5.41) is 6.45. The van der Waals surface area contributed by atoms with Crippen LogP contribution in [0.3, 0.4) is 0 Å². The second-order valence-corrected chi connectivity index (χ2v) is 6.46. The first-order chi connectivity index (χ1) is 12.0. The normalized spacial score (nSPS) is 17.6. The predicted molar refractivity (Wildman–Crippen MR) is 89.8 cm³/mol. The molecule has 1 aliphatic heterocycles. The zero-order valence-electron chi connectivity index (χ0n) is 14.1. The number of benzene rings is 1. The Labute approximate surface area is 144 Å². The third-order valence-corrected chi connectivity index (χ3v) is 4.11. The molecule has 0 spiro atoms. The van der Waals surface area contributed by atoms with Gasteiger partial charge in [0.2, 0.25) is 5.91 Å². The lowest BCUT2D eigenvalue weighted by molar-refractivity contribution is -0.128. The Morgan fingerprint density at radius 3 is 2.88 bits per heavy atom. The molecule has 1 aromatic carbocycles. The van der Waals surface area contributed by atoms with E-state index >= 15 is 0 Å². The number of piperazine rings is 1. The Balaban J connectivity index is 1.88. The molecule has 1 aliphatic rings. The van der Waals surface area contributed by atoms with Gasteiger partial charge in [-0.1, -0.05) is 31.1 Å². The molecule has 3 rings (SSSR count). The molecule has 0 unspecified atom stereocenters. The minimum Gasteiger partial charge on any atom is -0.353 e. The van der Waals surface area contributed by atoms with Gasteiger partial charge in [-0.15, -0.1) is 0 Å². The van der Waals surface area contributed by atoms with Crippen molar-refractivity contribution in [2.75, 3.05) is 13.1 Å². The lowest BCUT2D eigenvalue weighted by Gasteiger charge is -2.36. The fourth-order valence-electron chi connectivity index (χ4n) is 2.96. The minimum atomic E-state index is -0.656. The summed E-state index contributed by atoms with van der Waals surface area (Å²) in [6, 6.07) is 6.27. The number of rotatable bonds is 4. The molecule has 1 fully saturated rings. The fourth-order valence-corrected chi connectivity index (χ4v) is 2.96. The molecule has 0 radical (unpaired) electrons. The molecule has 8 nitrogen and oxygen atoms in total. The van der Waals surface area contributed by atoms with Gasteiger partial charge in [-0.2, -0.15) is 0 Å². The highest BCUT2D eigenvalue weighted by atomic mass is 16.5. The van der Waals surface area contributed by atoms with Crippen molar-refractivity contribution in [3.8, 4) is 11.4 Å². The van der Waals surface area contributed by atoms with E-state index in [-0.39, 0.29) is 23.6 Å². The van der Waals surface area contributed by atoms with E-state index < -0.39 is 11.8 Å². The molecule has 1 atom stereocenters. The molecule has 0 aliphatic carbocycles. The van der Waals surface area contributed by atoms with E-state index in [1.165, 1.54) is 0 Å². The van der Waals surface area contributed by atoms with Crippen LogP contribution in [0.5, 0.6) is 0 Å². The molecule has 2 N–H and O–H groups in total. The molecule has 2 heterocycles. The van der Waals surface area contributed by atoms with Gasteiger partial charge in [0.05, 0.1) is 0 Å². The molecule has 2 aromatic rings. The van der Waals surface area contributed by atoms with E-state index in [1.807, 2.05) is 13.8 Å². The van der Waals surface area contributed by atoms with Crippen molar-refractivity contribution in [3.63, 3.8) is 0 Å². The van der Waals surface area contributed by atoms with Gasteiger partial charge in [0.1, 0.15) is 6.04 Å². The number of hydrogen-bond acceptors (Lipinski definition) is 5. The molecule has 132 valence electrons. The first-order valence-corrected chi connectivity index (χ1v) is 8.21. The summed E-state index contributed by atoms with van der Waals surface area (Å²) < 4.78 is 4.50. The first-order valence-electron chi connectivity index (χ1n) is 8.21. The summed E-state index contributed by atoms with van der Waals surface area (Å²) in [5.41, 5.74) is 1.00. The van der Waals surface area contributed by atoms with Crippen LogP contribution in [0.2, 0.25) is 0 Å². The summed E-state index contributed by atoms with van der Waals surface area (Å²) >= 11 is 0. The summed E-state index contributed by atoms with van der Waals surface area (Å²) in [6.07, 6.45) is 0.605. The van der Waals surface area contributed by atoms with Gasteiger partial charge in [-0.3, -0.25) is 19.1 Å². The van der Waals surface area contributed by atoms with Gasteiger partial charge in [0, 0.05) is 24.2 Å². The van der Waals surface area contributed by atoms with Gasteiger partial charge in [-0.05, 0) is 24.5 Å². The Hall–Kier alpha value is -2.90. The van der Waals surface area contributed by atoms with Crippen molar-refractivity contribution in [1.82, 2.24) is 20.4 Å². The molecule has 1 aromatic heterocycles. The average Bonchev–Trinajstić information content (AvgIpc) is 3.02. The SMILES string of the molecule is CC(C)C[C@@H]1C(=O)NCCN1C(=O)c1cccc(-c2noc(=O)[nH]2)c1. The standard InChI is InChI=1S/C17H20N4O4/c1-10(2)8-13-15(22)18-6-7-21(13)16(23)12-5-3-4-11(9-12)14-19-17(24)25-20-14/h3-5,9-10,13H,6-8H2,1-2H3,(H,18,22)(H,19,20,24)/t13-/m1/s1.